The highest BCUT2D eigenvalue weighted by Crippen LogP contribution is 2.49. The Bertz CT molecular complexity index is 1930. The van der Waals surface area contributed by atoms with E-state index in [0.29, 0.717) is 66.4 Å². The Hall–Kier alpha value is -3.92. The molecule has 4 N–H and O–H groups in total. The summed E-state index contributed by atoms with van der Waals surface area (Å²) in [5.41, 5.74) is 5.42. The molecule has 276 valence electrons. The van der Waals surface area contributed by atoms with E-state index in [0.717, 1.165) is 19.3 Å². The summed E-state index contributed by atoms with van der Waals surface area (Å²) in [5, 5.41) is 3.30. The summed E-state index contributed by atoms with van der Waals surface area (Å²) in [6, 6.07) is 1.95. The molecular weight excluding hydrogens is 691 g/mol. The number of nitrogens with two attached hydrogens (primary N) is 1. The quantitative estimate of drug-likeness (QED) is 0.396. The third-order valence-corrected chi connectivity index (χ3v) is 13.4. The van der Waals surface area contributed by atoms with Crippen molar-refractivity contribution >= 4 is 38.6 Å². The first-order valence-corrected chi connectivity index (χ1v) is 18.9. The minimum Gasteiger partial charge on any atom is -0.483 e. The van der Waals surface area contributed by atoms with Gasteiger partial charge < -0.3 is 25.4 Å². The number of aromatic nitrogens is 1. The number of ether oxygens (including phenoxy) is 2. The van der Waals surface area contributed by atoms with Crippen LogP contribution in [0.5, 0.6) is 11.5 Å². The second kappa shape index (κ2) is 12.3. The van der Waals surface area contributed by atoms with Gasteiger partial charge in [-0.1, -0.05) is 25.0 Å². The minimum absolute atomic E-state index is 0.00102. The van der Waals surface area contributed by atoms with Crippen molar-refractivity contribution in [2.75, 3.05) is 6.54 Å². The largest absolute Gasteiger partial charge is 0.573 e. The van der Waals surface area contributed by atoms with Gasteiger partial charge in [0.15, 0.2) is 0 Å². The second-order valence-corrected chi connectivity index (χ2v) is 17.2. The first-order chi connectivity index (χ1) is 23.9. The van der Waals surface area contributed by atoms with E-state index in [9.17, 15) is 36.0 Å². The lowest BCUT2D eigenvalue weighted by Crippen LogP contribution is -2.58. The molecular formula is C35H42F3N5O7S. The molecule has 7 rings (SSSR count). The molecule has 1 aromatic carbocycles. The van der Waals surface area contributed by atoms with Crippen molar-refractivity contribution in [3.8, 4) is 11.5 Å². The predicted molar refractivity (Wildman–Crippen MR) is 179 cm³/mol. The molecule has 1 spiro atoms. The molecule has 16 heteroatoms. The smallest absolute Gasteiger partial charge is 0.483 e. The molecule has 2 aliphatic carbocycles. The number of carbonyl (C=O) groups excluding carboxylic acids is 3. The summed E-state index contributed by atoms with van der Waals surface area (Å²) in [6.07, 6.45) is 4.15. The summed E-state index contributed by atoms with van der Waals surface area (Å²) in [5.74, 6) is -2.35. The van der Waals surface area contributed by atoms with Gasteiger partial charge in [-0.05, 0) is 83.4 Å². The van der Waals surface area contributed by atoms with Gasteiger partial charge in [-0.3, -0.25) is 19.1 Å². The number of amides is 3. The average molecular weight is 734 g/mol. The van der Waals surface area contributed by atoms with Crippen LogP contribution in [0.2, 0.25) is 0 Å². The molecule has 2 saturated carbocycles. The fourth-order valence-corrected chi connectivity index (χ4v) is 9.07. The fraction of sp³-hybridized carbons (Fsp3) is 0.600. The zero-order valence-corrected chi connectivity index (χ0v) is 29.3. The van der Waals surface area contributed by atoms with E-state index >= 15 is 0 Å². The van der Waals surface area contributed by atoms with E-state index in [1.54, 1.807) is 13.8 Å². The summed E-state index contributed by atoms with van der Waals surface area (Å²) in [7, 11) is -3.99. The Morgan fingerprint density at radius 1 is 1.16 bits per heavy atom. The predicted octanol–water partition coefficient (Wildman–Crippen LogP) is 3.83. The molecule has 0 radical (unpaired) electrons. The number of sulfonamides is 1. The maximum atomic E-state index is 14.3. The number of nitrogens with zero attached hydrogens (tertiary/aromatic N) is 2. The van der Waals surface area contributed by atoms with Crippen molar-refractivity contribution in [3.05, 3.63) is 41.6 Å². The van der Waals surface area contributed by atoms with E-state index in [-0.39, 0.29) is 19.4 Å². The Morgan fingerprint density at radius 2 is 1.92 bits per heavy atom. The van der Waals surface area contributed by atoms with Gasteiger partial charge >= 0.3 is 6.36 Å². The van der Waals surface area contributed by atoms with Crippen LogP contribution in [0.4, 0.5) is 13.2 Å². The first kappa shape index (κ1) is 35.5. The molecule has 3 aliphatic heterocycles. The topological polar surface area (TPSA) is 170 Å². The number of rotatable bonds is 4. The van der Waals surface area contributed by atoms with Gasteiger partial charge in [-0.25, -0.2) is 13.4 Å². The summed E-state index contributed by atoms with van der Waals surface area (Å²) in [4.78, 5) is 48.0. The number of fused-ring (bicyclic) bond motifs is 5. The van der Waals surface area contributed by atoms with Crippen LogP contribution in [0.3, 0.4) is 0 Å². The molecule has 12 nitrogen and oxygen atoms in total. The summed E-state index contributed by atoms with van der Waals surface area (Å²) in [6.45, 7) is 3.29. The molecule has 1 aromatic heterocycles. The molecule has 5 aliphatic rings. The highest BCUT2D eigenvalue weighted by Gasteiger charge is 2.64. The summed E-state index contributed by atoms with van der Waals surface area (Å²) < 4.78 is 77.2. The minimum atomic E-state index is -4.88. The number of allylic oxidation sites excluding steroid dienone is 1. The van der Waals surface area contributed by atoms with Gasteiger partial charge in [0.1, 0.15) is 28.7 Å². The lowest BCUT2D eigenvalue weighted by atomic mass is 9.87. The second-order valence-electron chi connectivity index (χ2n) is 15.0. The van der Waals surface area contributed by atoms with E-state index in [1.807, 2.05) is 12.2 Å². The summed E-state index contributed by atoms with van der Waals surface area (Å²) >= 11 is 0. The Labute approximate surface area is 293 Å². The fourth-order valence-electron chi connectivity index (χ4n) is 7.76. The maximum Gasteiger partial charge on any atom is 0.573 e. The number of pyridine rings is 1. The standard InChI is InChI=1S/C35H42F3N5O7S/c1-20-28-23(24-16-22(49-35(36,37)38)10-11-26(24)40-20)12-13-33(50-28)18-27-29(44)41-34(31(46)42-51(47,48)32(2)14-15-32)17-21(34)8-6-4-3-5-7-9-25(39)30(45)43(27)19-33/h6,8,10-11,16,21,25,27H,3-5,7,9,12-15,17-19,39H2,1-2H3,(H,41,44)(H,42,46)/b8-6-/t21-,25+,27+,33-,34-/m1/s1. The number of benzene rings is 1. The zero-order valence-electron chi connectivity index (χ0n) is 28.5. The number of alkyl halides is 3. The van der Waals surface area contributed by atoms with Crippen LogP contribution < -0.4 is 25.2 Å². The van der Waals surface area contributed by atoms with E-state index in [4.69, 9.17) is 10.5 Å². The monoisotopic (exact) mass is 733 g/mol. The third kappa shape index (κ3) is 6.64. The number of carbonyl (C=O) groups is 3. The Kier molecular flexibility index (Phi) is 8.59. The van der Waals surface area contributed by atoms with Crippen molar-refractivity contribution < 1.29 is 45.4 Å². The lowest BCUT2D eigenvalue weighted by Gasteiger charge is -2.36. The highest BCUT2D eigenvalue weighted by atomic mass is 32.2. The normalized spacial score (nSPS) is 31.3. The number of halogens is 3. The van der Waals surface area contributed by atoms with Crippen molar-refractivity contribution in [2.24, 2.45) is 11.7 Å². The van der Waals surface area contributed by atoms with Crippen LogP contribution in [-0.2, 0) is 30.8 Å². The molecule has 0 unspecified atom stereocenters. The number of hydrogen-bond acceptors (Lipinski definition) is 9. The van der Waals surface area contributed by atoms with E-state index in [1.165, 1.54) is 23.1 Å². The van der Waals surface area contributed by atoms with Gasteiger partial charge in [-0.15, -0.1) is 13.2 Å². The first-order valence-electron chi connectivity index (χ1n) is 17.4. The third-order valence-electron chi connectivity index (χ3n) is 11.2. The van der Waals surface area contributed by atoms with Gasteiger partial charge in [0.25, 0.3) is 5.91 Å². The number of aryl methyl sites for hydroxylation is 2. The maximum absolute atomic E-state index is 14.3. The van der Waals surface area contributed by atoms with Crippen molar-refractivity contribution in [2.45, 2.75) is 119 Å². The van der Waals surface area contributed by atoms with Crippen LogP contribution in [-0.4, -0.2) is 76.9 Å². The van der Waals surface area contributed by atoms with Crippen LogP contribution in [0.15, 0.2) is 30.4 Å². The molecule has 1 saturated heterocycles. The molecule has 3 fully saturated rings. The van der Waals surface area contributed by atoms with Crippen LogP contribution in [0.1, 0.15) is 82.4 Å². The van der Waals surface area contributed by atoms with Gasteiger partial charge in [0.2, 0.25) is 21.8 Å². The zero-order chi connectivity index (χ0) is 36.6. The van der Waals surface area contributed by atoms with E-state index in [2.05, 4.69) is 19.8 Å². The molecule has 3 amide bonds. The van der Waals surface area contributed by atoms with Crippen LogP contribution in [0.25, 0.3) is 10.9 Å². The van der Waals surface area contributed by atoms with Crippen molar-refractivity contribution in [1.29, 1.82) is 0 Å². The van der Waals surface area contributed by atoms with Gasteiger partial charge in [-0.2, -0.15) is 0 Å². The van der Waals surface area contributed by atoms with Gasteiger partial charge in [0, 0.05) is 23.3 Å². The molecule has 5 atom stereocenters. The SMILES string of the molecule is Cc1nc2ccc(OC(F)(F)F)cc2c2c1O[C@]1(CC2)C[C@H]2C(=O)N[C@]3(C(=O)NS(=O)(=O)C4(C)CC4)C[C@H]3/C=C\CCCCC[C@H](N)C(=O)N2C1. The molecule has 0 bridgehead atoms. The van der Waals surface area contributed by atoms with Crippen molar-refractivity contribution in [1.82, 2.24) is 19.9 Å². The highest BCUT2D eigenvalue weighted by molar-refractivity contribution is 7.91. The van der Waals surface area contributed by atoms with Crippen molar-refractivity contribution in [3.63, 3.8) is 0 Å². The number of hydrogen-bond donors (Lipinski definition) is 3. The lowest BCUT2D eigenvalue weighted by molar-refractivity contribution is -0.274. The van der Waals surface area contributed by atoms with Crippen LogP contribution in [0, 0.1) is 12.8 Å². The molecule has 2 aromatic rings. The molecule has 51 heavy (non-hydrogen) atoms. The average Bonchev–Trinajstić information content (AvgIpc) is 3.95. The Balaban J connectivity index is 1.20. The Morgan fingerprint density at radius 3 is 2.65 bits per heavy atom. The van der Waals surface area contributed by atoms with Gasteiger partial charge in [0.05, 0.1) is 28.5 Å². The van der Waals surface area contributed by atoms with Crippen LogP contribution >= 0.6 is 0 Å². The molecule has 4 heterocycles. The number of nitrogens with one attached hydrogen (secondary N) is 2. The van der Waals surface area contributed by atoms with E-state index < -0.39 is 73.7 Å².